The molecule has 0 heterocycles. The molecule has 3 aromatic rings. The summed E-state index contributed by atoms with van der Waals surface area (Å²) in [5.74, 6) is 0.0861. The molecule has 0 aliphatic carbocycles. The smallest absolute Gasteiger partial charge is 0.410 e. The summed E-state index contributed by atoms with van der Waals surface area (Å²) in [4.78, 5) is 25.1. The highest BCUT2D eigenvalue weighted by Crippen LogP contribution is 2.15. The predicted octanol–water partition coefficient (Wildman–Crippen LogP) is 4.79. The molecule has 3 aromatic carbocycles. The van der Waals surface area contributed by atoms with Crippen molar-refractivity contribution >= 4 is 33.6 Å². The Balaban J connectivity index is 1.71. The number of amides is 2. The van der Waals surface area contributed by atoms with Gasteiger partial charge >= 0.3 is 6.09 Å². The van der Waals surface area contributed by atoms with Crippen molar-refractivity contribution < 1.29 is 14.3 Å². The first-order valence-corrected chi connectivity index (χ1v) is 9.53. The van der Waals surface area contributed by atoms with Crippen molar-refractivity contribution in [1.82, 2.24) is 5.32 Å². The van der Waals surface area contributed by atoms with E-state index in [0.29, 0.717) is 17.9 Å². The second-order valence-electron chi connectivity index (χ2n) is 6.09. The van der Waals surface area contributed by atoms with Crippen LogP contribution in [0.2, 0.25) is 0 Å². The molecule has 1 atom stereocenters. The van der Waals surface area contributed by atoms with Crippen molar-refractivity contribution in [3.63, 3.8) is 0 Å². The van der Waals surface area contributed by atoms with Gasteiger partial charge in [-0.2, -0.15) is 0 Å². The number of carbonyl (C=O) groups is 2. The summed E-state index contributed by atoms with van der Waals surface area (Å²) in [6.45, 7) is 0. The lowest BCUT2D eigenvalue weighted by molar-refractivity contribution is -0.118. The molecule has 0 spiro atoms. The SMILES string of the molecule is O=C(N[C@@H](Cc1ccccc1)C(=O)Nc1ccc(Br)cc1)Oc1ccccc1. The zero-order valence-corrected chi connectivity index (χ0v) is 16.6. The third-order valence-electron chi connectivity index (χ3n) is 3.96. The largest absolute Gasteiger partial charge is 0.413 e. The van der Waals surface area contributed by atoms with E-state index < -0.39 is 12.1 Å². The van der Waals surface area contributed by atoms with Crippen LogP contribution in [0.5, 0.6) is 5.75 Å². The molecule has 0 unspecified atom stereocenters. The van der Waals surface area contributed by atoms with Crippen molar-refractivity contribution in [3.05, 3.63) is 95.0 Å². The van der Waals surface area contributed by atoms with Gasteiger partial charge in [0.05, 0.1) is 0 Å². The number of ether oxygens (including phenoxy) is 1. The first-order valence-electron chi connectivity index (χ1n) is 8.74. The summed E-state index contributed by atoms with van der Waals surface area (Å²) in [5, 5.41) is 5.49. The van der Waals surface area contributed by atoms with Gasteiger partial charge in [0, 0.05) is 16.6 Å². The van der Waals surface area contributed by atoms with Crippen molar-refractivity contribution in [3.8, 4) is 5.75 Å². The Hall–Kier alpha value is -3.12. The molecule has 2 N–H and O–H groups in total. The summed E-state index contributed by atoms with van der Waals surface area (Å²) in [6, 6.07) is 24.6. The fraction of sp³-hybridized carbons (Fsp3) is 0.0909. The minimum Gasteiger partial charge on any atom is -0.410 e. The average molecular weight is 439 g/mol. The van der Waals surface area contributed by atoms with E-state index in [1.165, 1.54) is 0 Å². The van der Waals surface area contributed by atoms with Crippen LogP contribution in [0, 0.1) is 0 Å². The summed E-state index contributed by atoms with van der Waals surface area (Å²) in [7, 11) is 0. The number of para-hydroxylation sites is 1. The lowest BCUT2D eigenvalue weighted by atomic mass is 10.1. The lowest BCUT2D eigenvalue weighted by Crippen LogP contribution is -2.46. The van der Waals surface area contributed by atoms with Gasteiger partial charge < -0.3 is 15.4 Å². The number of halogens is 1. The third-order valence-corrected chi connectivity index (χ3v) is 4.49. The van der Waals surface area contributed by atoms with Crippen LogP contribution < -0.4 is 15.4 Å². The van der Waals surface area contributed by atoms with E-state index in [-0.39, 0.29) is 5.91 Å². The fourth-order valence-corrected chi connectivity index (χ4v) is 2.85. The normalized spacial score (nSPS) is 11.3. The van der Waals surface area contributed by atoms with Crippen LogP contribution in [-0.2, 0) is 11.2 Å². The van der Waals surface area contributed by atoms with Gasteiger partial charge in [-0.15, -0.1) is 0 Å². The highest BCUT2D eigenvalue weighted by atomic mass is 79.9. The molecular weight excluding hydrogens is 420 g/mol. The molecule has 2 amide bonds. The molecule has 0 saturated carbocycles. The van der Waals surface area contributed by atoms with Crippen LogP contribution in [0.25, 0.3) is 0 Å². The second kappa shape index (κ2) is 9.71. The maximum absolute atomic E-state index is 12.8. The van der Waals surface area contributed by atoms with Crippen molar-refractivity contribution in [2.45, 2.75) is 12.5 Å². The molecular formula is C22H19BrN2O3. The fourth-order valence-electron chi connectivity index (χ4n) is 2.59. The molecule has 0 bridgehead atoms. The maximum Gasteiger partial charge on any atom is 0.413 e. The van der Waals surface area contributed by atoms with Crippen LogP contribution in [-0.4, -0.2) is 18.0 Å². The molecule has 6 heteroatoms. The Labute approximate surface area is 171 Å². The zero-order valence-electron chi connectivity index (χ0n) is 15.0. The zero-order chi connectivity index (χ0) is 19.8. The number of hydrogen-bond acceptors (Lipinski definition) is 3. The number of carbonyl (C=O) groups excluding carboxylic acids is 2. The molecule has 142 valence electrons. The van der Waals surface area contributed by atoms with Gasteiger partial charge in [0.15, 0.2) is 0 Å². The molecule has 5 nitrogen and oxygen atoms in total. The molecule has 0 aliphatic rings. The van der Waals surface area contributed by atoms with E-state index in [4.69, 9.17) is 4.74 Å². The van der Waals surface area contributed by atoms with Gasteiger partial charge in [-0.3, -0.25) is 4.79 Å². The molecule has 0 aliphatic heterocycles. The molecule has 0 saturated heterocycles. The molecule has 0 fully saturated rings. The number of rotatable bonds is 6. The summed E-state index contributed by atoms with van der Waals surface area (Å²) in [5.41, 5.74) is 1.57. The van der Waals surface area contributed by atoms with Crippen molar-refractivity contribution in [2.24, 2.45) is 0 Å². The standard InChI is InChI=1S/C22H19BrN2O3/c23-17-11-13-18(14-12-17)24-21(26)20(15-16-7-3-1-4-8-16)25-22(27)28-19-9-5-2-6-10-19/h1-14,20H,15H2,(H,24,26)(H,25,27)/t20-/m0/s1. The van der Waals surface area contributed by atoms with E-state index in [9.17, 15) is 9.59 Å². The van der Waals surface area contributed by atoms with Crippen LogP contribution in [0.4, 0.5) is 10.5 Å². The minimum atomic E-state index is -0.790. The Bertz CT molecular complexity index is 916. The Morgan fingerprint density at radius 1 is 0.857 bits per heavy atom. The maximum atomic E-state index is 12.8. The van der Waals surface area contributed by atoms with Gasteiger partial charge in [-0.05, 0) is 42.0 Å². The van der Waals surface area contributed by atoms with Gasteiger partial charge in [-0.1, -0.05) is 64.5 Å². The Kier molecular flexibility index (Phi) is 6.81. The first kappa shape index (κ1) is 19.6. The van der Waals surface area contributed by atoms with Crippen LogP contribution >= 0.6 is 15.9 Å². The molecule has 0 radical (unpaired) electrons. The van der Waals surface area contributed by atoms with E-state index in [1.54, 1.807) is 36.4 Å². The van der Waals surface area contributed by atoms with Gasteiger partial charge in [0.25, 0.3) is 0 Å². The topological polar surface area (TPSA) is 67.4 Å². The summed E-state index contributed by atoms with van der Waals surface area (Å²) in [6.07, 6.45) is -0.342. The Morgan fingerprint density at radius 2 is 1.46 bits per heavy atom. The van der Waals surface area contributed by atoms with Gasteiger partial charge in [-0.25, -0.2) is 4.79 Å². The predicted molar refractivity (Wildman–Crippen MR) is 112 cm³/mol. The minimum absolute atomic E-state index is 0.323. The highest BCUT2D eigenvalue weighted by molar-refractivity contribution is 9.10. The van der Waals surface area contributed by atoms with Gasteiger partial charge in [0.1, 0.15) is 11.8 Å². The first-order chi connectivity index (χ1) is 13.6. The quantitative estimate of drug-likeness (QED) is 0.581. The number of nitrogens with one attached hydrogen (secondary N) is 2. The molecule has 28 heavy (non-hydrogen) atoms. The summed E-state index contributed by atoms with van der Waals surface area (Å²) < 4.78 is 6.18. The molecule has 3 rings (SSSR count). The third kappa shape index (κ3) is 5.96. The van der Waals surface area contributed by atoms with Crippen LogP contribution in [0.15, 0.2) is 89.4 Å². The van der Waals surface area contributed by atoms with E-state index >= 15 is 0 Å². The Morgan fingerprint density at radius 3 is 2.11 bits per heavy atom. The lowest BCUT2D eigenvalue weighted by Gasteiger charge is -2.18. The van der Waals surface area contributed by atoms with Crippen LogP contribution in [0.1, 0.15) is 5.56 Å². The second-order valence-corrected chi connectivity index (χ2v) is 7.00. The van der Waals surface area contributed by atoms with E-state index in [2.05, 4.69) is 26.6 Å². The van der Waals surface area contributed by atoms with E-state index in [1.807, 2.05) is 48.5 Å². The van der Waals surface area contributed by atoms with E-state index in [0.717, 1.165) is 10.0 Å². The van der Waals surface area contributed by atoms with Gasteiger partial charge in [0.2, 0.25) is 5.91 Å². The summed E-state index contributed by atoms with van der Waals surface area (Å²) >= 11 is 3.36. The van der Waals surface area contributed by atoms with Crippen molar-refractivity contribution in [2.75, 3.05) is 5.32 Å². The number of benzene rings is 3. The average Bonchev–Trinajstić information content (AvgIpc) is 2.71. The number of hydrogen-bond donors (Lipinski definition) is 2. The number of anilines is 1. The molecule has 0 aromatic heterocycles. The van der Waals surface area contributed by atoms with Crippen molar-refractivity contribution in [1.29, 1.82) is 0 Å². The highest BCUT2D eigenvalue weighted by Gasteiger charge is 2.22. The van der Waals surface area contributed by atoms with Crippen LogP contribution in [0.3, 0.4) is 0 Å². The monoisotopic (exact) mass is 438 g/mol.